The monoisotopic (exact) mass is 351 g/mol. The molecule has 0 saturated carbocycles. The van der Waals surface area contributed by atoms with Gasteiger partial charge in [0.05, 0.1) is 11.8 Å². The normalized spacial score (nSPS) is 12.7. The first-order valence-electron chi connectivity index (χ1n) is 7.07. The molecule has 0 saturated heterocycles. The standard InChI is InChI=1S/C17H18ClNO3S/c1-12(15-4-3-5-16(18)10-15)19-17(20)14-8-6-13(7-9-14)11-23(2,21)22/h3-10,12H,11H2,1-2H3,(H,19,20). The third-order valence-corrected chi connectivity index (χ3v) is 4.43. The van der Waals surface area contributed by atoms with Crippen molar-refractivity contribution in [2.45, 2.75) is 18.7 Å². The van der Waals surface area contributed by atoms with Crippen LogP contribution < -0.4 is 5.32 Å². The number of carbonyl (C=O) groups excluding carboxylic acids is 1. The van der Waals surface area contributed by atoms with Crippen LogP contribution in [0.3, 0.4) is 0 Å². The van der Waals surface area contributed by atoms with Gasteiger partial charge in [-0.25, -0.2) is 8.42 Å². The van der Waals surface area contributed by atoms with Gasteiger partial charge in [-0.1, -0.05) is 35.9 Å². The van der Waals surface area contributed by atoms with Crippen LogP contribution in [0, 0.1) is 0 Å². The maximum atomic E-state index is 12.2. The van der Waals surface area contributed by atoms with Crippen molar-refractivity contribution in [3.63, 3.8) is 0 Å². The van der Waals surface area contributed by atoms with Gasteiger partial charge in [0.15, 0.2) is 9.84 Å². The van der Waals surface area contributed by atoms with Gasteiger partial charge in [0.2, 0.25) is 0 Å². The van der Waals surface area contributed by atoms with E-state index in [9.17, 15) is 13.2 Å². The molecule has 2 rings (SSSR count). The molecule has 4 nitrogen and oxygen atoms in total. The summed E-state index contributed by atoms with van der Waals surface area (Å²) in [6.45, 7) is 1.88. The molecule has 0 fully saturated rings. The third kappa shape index (κ3) is 5.37. The lowest BCUT2D eigenvalue weighted by atomic mass is 10.1. The number of hydrogen-bond acceptors (Lipinski definition) is 3. The van der Waals surface area contributed by atoms with E-state index >= 15 is 0 Å². The van der Waals surface area contributed by atoms with Crippen molar-refractivity contribution in [2.75, 3.05) is 6.26 Å². The molecule has 0 heterocycles. The molecule has 23 heavy (non-hydrogen) atoms. The SMILES string of the molecule is CC(NC(=O)c1ccc(CS(C)(=O)=O)cc1)c1cccc(Cl)c1. The molecule has 0 aliphatic carbocycles. The number of sulfone groups is 1. The molecule has 0 aromatic heterocycles. The zero-order valence-electron chi connectivity index (χ0n) is 12.9. The van der Waals surface area contributed by atoms with E-state index in [4.69, 9.17) is 11.6 Å². The predicted molar refractivity (Wildman–Crippen MR) is 92.3 cm³/mol. The lowest BCUT2D eigenvalue weighted by Gasteiger charge is -2.15. The number of benzene rings is 2. The Morgan fingerprint density at radius 2 is 1.83 bits per heavy atom. The van der Waals surface area contributed by atoms with Crippen LogP contribution in [0.15, 0.2) is 48.5 Å². The highest BCUT2D eigenvalue weighted by molar-refractivity contribution is 7.89. The number of amides is 1. The molecular formula is C17H18ClNO3S. The molecule has 122 valence electrons. The van der Waals surface area contributed by atoms with Gasteiger partial charge in [-0.05, 0) is 42.3 Å². The molecule has 0 radical (unpaired) electrons. The third-order valence-electron chi connectivity index (χ3n) is 3.34. The van der Waals surface area contributed by atoms with Crippen LogP contribution in [0.25, 0.3) is 0 Å². The minimum Gasteiger partial charge on any atom is -0.346 e. The van der Waals surface area contributed by atoms with Gasteiger partial charge in [-0.2, -0.15) is 0 Å². The number of nitrogens with one attached hydrogen (secondary N) is 1. The Morgan fingerprint density at radius 1 is 1.17 bits per heavy atom. The molecule has 2 aromatic rings. The molecule has 1 unspecified atom stereocenters. The maximum Gasteiger partial charge on any atom is 0.251 e. The second-order valence-corrected chi connectivity index (χ2v) is 8.09. The van der Waals surface area contributed by atoms with Gasteiger partial charge in [0.25, 0.3) is 5.91 Å². The van der Waals surface area contributed by atoms with Crippen LogP contribution in [-0.4, -0.2) is 20.6 Å². The van der Waals surface area contributed by atoms with Crippen molar-refractivity contribution in [1.29, 1.82) is 0 Å². The van der Waals surface area contributed by atoms with E-state index in [0.717, 1.165) is 5.56 Å². The molecule has 2 aromatic carbocycles. The average molecular weight is 352 g/mol. The fraction of sp³-hybridized carbons (Fsp3) is 0.235. The molecule has 1 N–H and O–H groups in total. The minimum absolute atomic E-state index is 0.0339. The average Bonchev–Trinajstić information content (AvgIpc) is 2.46. The summed E-state index contributed by atoms with van der Waals surface area (Å²) < 4.78 is 22.5. The van der Waals surface area contributed by atoms with E-state index in [1.165, 1.54) is 6.26 Å². The summed E-state index contributed by atoms with van der Waals surface area (Å²) in [6.07, 6.45) is 1.18. The first kappa shape index (κ1) is 17.5. The molecule has 1 amide bonds. The largest absolute Gasteiger partial charge is 0.346 e. The summed E-state index contributed by atoms with van der Waals surface area (Å²) in [5.74, 6) is -0.253. The summed E-state index contributed by atoms with van der Waals surface area (Å²) in [5, 5.41) is 3.51. The van der Waals surface area contributed by atoms with Crippen LogP contribution in [0.1, 0.15) is 34.5 Å². The summed E-state index contributed by atoms with van der Waals surface area (Å²) in [5.41, 5.74) is 2.06. The smallest absolute Gasteiger partial charge is 0.251 e. The van der Waals surface area contributed by atoms with E-state index in [1.54, 1.807) is 30.3 Å². The lowest BCUT2D eigenvalue weighted by molar-refractivity contribution is 0.0940. The number of rotatable bonds is 5. The summed E-state index contributed by atoms with van der Waals surface area (Å²) in [6, 6.07) is 13.7. The Kier molecular flexibility index (Phi) is 5.44. The zero-order valence-corrected chi connectivity index (χ0v) is 14.5. The van der Waals surface area contributed by atoms with E-state index < -0.39 is 9.84 Å². The van der Waals surface area contributed by atoms with Crippen molar-refractivity contribution in [3.05, 3.63) is 70.2 Å². The van der Waals surface area contributed by atoms with Crippen molar-refractivity contribution < 1.29 is 13.2 Å². The number of hydrogen-bond donors (Lipinski definition) is 1. The van der Waals surface area contributed by atoms with Crippen LogP contribution in [-0.2, 0) is 15.6 Å². The first-order valence-corrected chi connectivity index (χ1v) is 9.51. The Morgan fingerprint density at radius 3 is 2.39 bits per heavy atom. The van der Waals surface area contributed by atoms with E-state index in [0.29, 0.717) is 16.1 Å². The van der Waals surface area contributed by atoms with Gasteiger partial charge < -0.3 is 5.32 Å². The van der Waals surface area contributed by atoms with Gasteiger partial charge in [-0.3, -0.25) is 4.79 Å². The second-order valence-electron chi connectivity index (χ2n) is 5.52. The maximum absolute atomic E-state index is 12.2. The summed E-state index contributed by atoms with van der Waals surface area (Å²) in [7, 11) is -3.08. The van der Waals surface area contributed by atoms with Crippen molar-refractivity contribution >= 4 is 27.3 Å². The van der Waals surface area contributed by atoms with Gasteiger partial charge >= 0.3 is 0 Å². The van der Waals surface area contributed by atoms with Crippen molar-refractivity contribution in [2.24, 2.45) is 0 Å². The highest BCUT2D eigenvalue weighted by Crippen LogP contribution is 2.18. The second kappa shape index (κ2) is 7.15. The van der Waals surface area contributed by atoms with Crippen molar-refractivity contribution in [1.82, 2.24) is 5.32 Å². The Bertz CT molecular complexity index is 801. The fourth-order valence-electron chi connectivity index (χ4n) is 2.19. The molecule has 6 heteroatoms. The Labute approximate surface area is 141 Å². The van der Waals surface area contributed by atoms with Gasteiger partial charge in [0.1, 0.15) is 0 Å². The lowest BCUT2D eigenvalue weighted by Crippen LogP contribution is -2.26. The predicted octanol–water partition coefficient (Wildman–Crippen LogP) is 3.38. The number of halogens is 1. The van der Waals surface area contributed by atoms with Crippen LogP contribution in [0.2, 0.25) is 5.02 Å². The molecule has 0 aliphatic heterocycles. The Balaban J connectivity index is 2.06. The molecular weight excluding hydrogens is 334 g/mol. The highest BCUT2D eigenvalue weighted by atomic mass is 35.5. The number of carbonyl (C=O) groups is 1. The van der Waals surface area contributed by atoms with E-state index in [2.05, 4.69) is 5.32 Å². The molecule has 1 atom stereocenters. The highest BCUT2D eigenvalue weighted by Gasteiger charge is 2.12. The molecule has 0 aliphatic rings. The van der Waals surface area contributed by atoms with Gasteiger partial charge in [-0.15, -0.1) is 0 Å². The quantitative estimate of drug-likeness (QED) is 0.898. The molecule has 0 spiro atoms. The van der Waals surface area contributed by atoms with Crippen LogP contribution >= 0.6 is 11.6 Å². The van der Waals surface area contributed by atoms with Gasteiger partial charge in [0, 0.05) is 16.8 Å². The topological polar surface area (TPSA) is 63.2 Å². The van der Waals surface area contributed by atoms with Crippen molar-refractivity contribution in [3.8, 4) is 0 Å². The molecule has 0 bridgehead atoms. The van der Waals surface area contributed by atoms with E-state index in [-0.39, 0.29) is 17.7 Å². The first-order chi connectivity index (χ1) is 10.7. The van der Waals surface area contributed by atoms with Crippen LogP contribution in [0.4, 0.5) is 0 Å². The summed E-state index contributed by atoms with van der Waals surface area (Å²) in [4.78, 5) is 12.2. The minimum atomic E-state index is -3.08. The zero-order chi connectivity index (χ0) is 17.0. The van der Waals surface area contributed by atoms with Crippen LogP contribution in [0.5, 0.6) is 0 Å². The Hall–Kier alpha value is -1.85. The summed E-state index contributed by atoms with van der Waals surface area (Å²) >= 11 is 5.95. The van der Waals surface area contributed by atoms with E-state index in [1.807, 2.05) is 25.1 Å². The fourth-order valence-corrected chi connectivity index (χ4v) is 3.19.